The molecule has 8 nitrogen and oxygen atoms in total. The minimum atomic E-state index is -0.626. The summed E-state index contributed by atoms with van der Waals surface area (Å²) in [7, 11) is 0. The van der Waals surface area contributed by atoms with Gasteiger partial charge in [-0.25, -0.2) is 0 Å². The van der Waals surface area contributed by atoms with Crippen LogP contribution in [0.5, 0.6) is 0 Å². The molecule has 4 fully saturated rings. The first-order valence-corrected chi connectivity index (χ1v) is 13.4. The first kappa shape index (κ1) is 27.7. The number of aliphatic hydroxyl groups is 2. The van der Waals surface area contributed by atoms with Gasteiger partial charge in [-0.15, -0.1) is 0 Å². The fourth-order valence-corrected chi connectivity index (χ4v) is 8.07. The van der Waals surface area contributed by atoms with Crippen molar-refractivity contribution in [1.82, 2.24) is 9.80 Å². The Hall–Kier alpha value is -0.320. The zero-order valence-electron chi connectivity index (χ0n) is 23.4. The molecule has 8 heteroatoms. The van der Waals surface area contributed by atoms with E-state index >= 15 is 0 Å². The van der Waals surface area contributed by atoms with Crippen molar-refractivity contribution < 1.29 is 29.2 Å². The number of nitrogens with zero attached hydrogens (tertiary/aromatic N) is 2. The zero-order valence-corrected chi connectivity index (χ0v) is 23.4. The van der Waals surface area contributed by atoms with E-state index < -0.39 is 11.6 Å². The second-order valence-electron chi connectivity index (χ2n) is 14.2. The van der Waals surface area contributed by atoms with Crippen LogP contribution in [-0.4, -0.2) is 106 Å². The zero-order chi connectivity index (χ0) is 26.0. The lowest BCUT2D eigenvalue weighted by molar-refractivity contribution is -0.395. The molecule has 0 aromatic carbocycles. The van der Waals surface area contributed by atoms with Gasteiger partial charge in [-0.05, 0) is 55.4 Å². The number of piperidine rings is 2. The summed E-state index contributed by atoms with van der Waals surface area (Å²) in [4.78, 5) is 4.76. The summed E-state index contributed by atoms with van der Waals surface area (Å²) >= 11 is 0. The molecule has 0 radical (unpaired) electrons. The second kappa shape index (κ2) is 8.87. The average molecular weight is 499 g/mol. The van der Waals surface area contributed by atoms with Crippen LogP contribution in [0.2, 0.25) is 0 Å². The highest BCUT2D eigenvalue weighted by Gasteiger charge is 2.60. The van der Waals surface area contributed by atoms with Crippen LogP contribution >= 0.6 is 0 Å². The fraction of sp³-hybridized carbons (Fsp3) is 1.00. The number of ether oxygens (including phenoxy) is 4. The Morgan fingerprint density at radius 3 is 1.00 bits per heavy atom. The maximum Gasteiger partial charge on any atom is 0.171 e. The van der Waals surface area contributed by atoms with Crippen molar-refractivity contribution in [3.05, 3.63) is 0 Å². The predicted molar refractivity (Wildman–Crippen MR) is 134 cm³/mol. The van der Waals surface area contributed by atoms with Gasteiger partial charge in [-0.2, -0.15) is 0 Å². The van der Waals surface area contributed by atoms with E-state index in [1.54, 1.807) is 0 Å². The van der Waals surface area contributed by atoms with Crippen LogP contribution in [0.1, 0.15) is 81.1 Å². The van der Waals surface area contributed by atoms with E-state index in [1.807, 2.05) is 0 Å². The summed E-state index contributed by atoms with van der Waals surface area (Å²) in [5.41, 5.74) is -0.920. The quantitative estimate of drug-likeness (QED) is 0.612. The largest absolute Gasteiger partial charge is 0.395 e. The van der Waals surface area contributed by atoms with Crippen molar-refractivity contribution in [3.63, 3.8) is 0 Å². The fourth-order valence-electron chi connectivity index (χ4n) is 8.07. The van der Waals surface area contributed by atoms with Crippen LogP contribution in [0.15, 0.2) is 0 Å². The molecular formula is C27H50N2O6. The SMILES string of the molecule is CC1(C)CC2(CC(C)(C)N1CCO)OCC1(CO2)COC2(CC(C)(C)N(CCO)C(C)(C)C2)OC1. The summed E-state index contributed by atoms with van der Waals surface area (Å²) in [6.07, 6.45) is 3.03. The molecule has 0 aliphatic carbocycles. The van der Waals surface area contributed by atoms with Crippen molar-refractivity contribution in [2.75, 3.05) is 52.7 Å². The third kappa shape index (κ3) is 5.07. The van der Waals surface area contributed by atoms with Crippen molar-refractivity contribution in [3.8, 4) is 0 Å². The Morgan fingerprint density at radius 1 is 0.514 bits per heavy atom. The summed E-state index contributed by atoms with van der Waals surface area (Å²) in [6.45, 7) is 21.5. The van der Waals surface area contributed by atoms with Gasteiger partial charge in [0.15, 0.2) is 11.6 Å². The van der Waals surface area contributed by atoms with Crippen LogP contribution in [0.25, 0.3) is 0 Å². The van der Waals surface area contributed by atoms with Gasteiger partial charge in [0.2, 0.25) is 0 Å². The van der Waals surface area contributed by atoms with E-state index in [0.717, 1.165) is 25.7 Å². The maximum absolute atomic E-state index is 9.62. The molecule has 204 valence electrons. The van der Waals surface area contributed by atoms with Gasteiger partial charge < -0.3 is 29.2 Å². The highest BCUT2D eigenvalue weighted by Crippen LogP contribution is 2.52. The number of β-amino-alcohol motifs (C(OH)–C–C–N with tert-alkyl or cyclic N) is 2. The minimum Gasteiger partial charge on any atom is -0.395 e. The highest BCUT2D eigenvalue weighted by atomic mass is 16.7. The number of hydrogen-bond acceptors (Lipinski definition) is 8. The number of aliphatic hydroxyl groups excluding tert-OH is 2. The topological polar surface area (TPSA) is 83.9 Å². The van der Waals surface area contributed by atoms with E-state index in [0.29, 0.717) is 39.5 Å². The third-order valence-electron chi connectivity index (χ3n) is 8.94. The van der Waals surface area contributed by atoms with Crippen molar-refractivity contribution in [2.45, 2.75) is 115 Å². The minimum absolute atomic E-state index is 0.145. The Bertz CT molecular complexity index is 656. The summed E-state index contributed by atoms with van der Waals surface area (Å²) < 4.78 is 26.4. The van der Waals surface area contributed by atoms with Gasteiger partial charge in [-0.3, -0.25) is 9.80 Å². The molecule has 4 rings (SSSR count). The molecule has 0 aromatic heterocycles. The second-order valence-corrected chi connectivity index (χ2v) is 14.2. The van der Waals surface area contributed by atoms with E-state index in [1.165, 1.54) is 0 Å². The first-order chi connectivity index (χ1) is 16.0. The maximum atomic E-state index is 9.62. The molecule has 2 N–H and O–H groups in total. The van der Waals surface area contributed by atoms with Crippen LogP contribution in [0.3, 0.4) is 0 Å². The number of rotatable bonds is 4. The lowest BCUT2D eigenvalue weighted by Gasteiger charge is -2.62. The standard InChI is InChI=1S/C27H50N2O6/c1-21(2)13-26(14-22(3,4)28(21)9-11-30)32-17-25(18-33-26)19-34-27(35-20-25)15-23(5,6)29(10-12-31)24(7,8)16-27/h30-31H,9-20H2,1-8H3. The lowest BCUT2D eigenvalue weighted by atomic mass is 9.74. The van der Waals surface area contributed by atoms with Crippen LogP contribution in [-0.2, 0) is 18.9 Å². The third-order valence-corrected chi connectivity index (χ3v) is 8.94. The molecular weight excluding hydrogens is 448 g/mol. The van der Waals surface area contributed by atoms with Crippen LogP contribution < -0.4 is 0 Å². The molecule has 4 aliphatic rings. The van der Waals surface area contributed by atoms with E-state index in [-0.39, 0.29) is 40.8 Å². The molecule has 0 atom stereocenters. The predicted octanol–water partition coefficient (Wildman–Crippen LogP) is 2.75. The van der Waals surface area contributed by atoms with Gasteiger partial charge in [0.25, 0.3) is 0 Å². The van der Waals surface area contributed by atoms with E-state index in [9.17, 15) is 10.2 Å². The Kier molecular flexibility index (Phi) is 7.02. The molecule has 0 saturated carbocycles. The van der Waals surface area contributed by atoms with Gasteiger partial charge in [0, 0.05) is 60.9 Å². The van der Waals surface area contributed by atoms with E-state index in [4.69, 9.17) is 18.9 Å². The summed E-state index contributed by atoms with van der Waals surface area (Å²) in [6, 6.07) is 0. The number of likely N-dealkylation sites (tertiary alicyclic amines) is 2. The molecule has 4 saturated heterocycles. The van der Waals surface area contributed by atoms with Crippen molar-refractivity contribution >= 4 is 0 Å². The Labute approximate surface area is 212 Å². The molecule has 0 bridgehead atoms. The summed E-state index contributed by atoms with van der Waals surface area (Å²) in [5.74, 6) is -1.25. The van der Waals surface area contributed by atoms with Crippen LogP contribution in [0, 0.1) is 5.41 Å². The molecule has 4 aliphatic heterocycles. The van der Waals surface area contributed by atoms with Gasteiger partial charge >= 0.3 is 0 Å². The molecule has 0 aromatic rings. The molecule has 4 heterocycles. The molecule has 0 unspecified atom stereocenters. The van der Waals surface area contributed by atoms with Crippen molar-refractivity contribution in [1.29, 1.82) is 0 Å². The average Bonchev–Trinajstić information content (AvgIpc) is 2.71. The smallest absolute Gasteiger partial charge is 0.171 e. The first-order valence-electron chi connectivity index (χ1n) is 13.4. The van der Waals surface area contributed by atoms with Gasteiger partial charge in [0.1, 0.15) is 0 Å². The van der Waals surface area contributed by atoms with E-state index in [2.05, 4.69) is 65.2 Å². The summed E-state index contributed by atoms with van der Waals surface area (Å²) in [5, 5.41) is 19.2. The number of hydrogen-bond donors (Lipinski definition) is 2. The van der Waals surface area contributed by atoms with Gasteiger partial charge in [0.05, 0.1) is 45.1 Å². The lowest BCUT2D eigenvalue weighted by Crippen LogP contribution is -2.71. The normalized spacial score (nSPS) is 32.7. The van der Waals surface area contributed by atoms with Gasteiger partial charge in [-0.1, -0.05) is 0 Å². The molecule has 35 heavy (non-hydrogen) atoms. The Balaban J connectivity index is 1.42. The van der Waals surface area contributed by atoms with Crippen LogP contribution in [0.4, 0.5) is 0 Å². The monoisotopic (exact) mass is 498 g/mol. The molecule has 3 spiro atoms. The Morgan fingerprint density at radius 2 is 0.771 bits per heavy atom. The molecule has 0 amide bonds. The highest BCUT2D eigenvalue weighted by molar-refractivity contribution is 5.08. The van der Waals surface area contributed by atoms with Crippen molar-refractivity contribution in [2.24, 2.45) is 5.41 Å².